The lowest BCUT2D eigenvalue weighted by Gasteiger charge is -2.09. The number of ether oxygens (including phenoxy) is 1. The van der Waals surface area contributed by atoms with E-state index in [1.165, 1.54) is 48.1 Å². The van der Waals surface area contributed by atoms with E-state index in [1.807, 2.05) is 24.3 Å². The van der Waals surface area contributed by atoms with Crippen LogP contribution in [0.5, 0.6) is 11.5 Å². The Hall–Kier alpha value is -3.48. The van der Waals surface area contributed by atoms with E-state index >= 15 is 0 Å². The summed E-state index contributed by atoms with van der Waals surface area (Å²) in [5.41, 5.74) is 5.47. The maximum atomic E-state index is 13.7. The van der Waals surface area contributed by atoms with Crippen molar-refractivity contribution < 1.29 is 19.0 Å². The van der Waals surface area contributed by atoms with E-state index in [4.69, 9.17) is 27.9 Å². The van der Waals surface area contributed by atoms with Crippen molar-refractivity contribution in [1.82, 2.24) is 9.97 Å². The molecule has 5 rings (SSSR count). The average Bonchev–Trinajstić information content (AvgIpc) is 3.35. The van der Waals surface area contributed by atoms with Gasteiger partial charge in [0, 0.05) is 29.6 Å². The van der Waals surface area contributed by atoms with Crippen molar-refractivity contribution >= 4 is 29.5 Å². The van der Waals surface area contributed by atoms with Gasteiger partial charge >= 0.3 is 0 Å². The van der Waals surface area contributed by atoms with E-state index in [0.29, 0.717) is 11.8 Å². The maximum Gasteiger partial charge on any atom is 0.222 e. The first-order chi connectivity index (χ1) is 17.0. The molecule has 0 aliphatic heterocycles. The highest BCUT2D eigenvalue weighted by molar-refractivity contribution is 6.32. The Morgan fingerprint density at radius 1 is 1.00 bits per heavy atom. The number of hydrogen-bond donors (Lipinski definition) is 1. The summed E-state index contributed by atoms with van der Waals surface area (Å²) < 4.78 is 19.2. The molecule has 0 saturated carbocycles. The van der Waals surface area contributed by atoms with Crippen molar-refractivity contribution in [3.8, 4) is 22.6 Å². The molecule has 0 spiro atoms. The zero-order chi connectivity index (χ0) is 24.8. The lowest BCUT2D eigenvalue weighted by atomic mass is 9.97. The SMILES string of the molecule is Fc1ccccc1-c1cccc2c1CCC2.O=Cc1cc(Cl)c(O)cc1OCc1cnc(Cl)nc1. The first-order valence-corrected chi connectivity index (χ1v) is 11.6. The third-order valence-electron chi connectivity index (χ3n) is 5.58. The highest BCUT2D eigenvalue weighted by Crippen LogP contribution is 2.33. The molecule has 35 heavy (non-hydrogen) atoms. The maximum absolute atomic E-state index is 13.7. The number of carbonyl (C=O) groups is 1. The first-order valence-electron chi connectivity index (χ1n) is 10.9. The minimum atomic E-state index is -0.158. The predicted octanol–water partition coefficient (Wildman–Crippen LogP) is 6.86. The summed E-state index contributed by atoms with van der Waals surface area (Å²) in [4.78, 5) is 18.5. The third kappa shape index (κ3) is 5.96. The number of aromatic nitrogens is 2. The van der Waals surface area contributed by atoms with Gasteiger partial charge in [0.05, 0.1) is 10.6 Å². The molecule has 0 bridgehead atoms. The van der Waals surface area contributed by atoms with Crippen LogP contribution in [0.3, 0.4) is 0 Å². The summed E-state index contributed by atoms with van der Waals surface area (Å²) >= 11 is 11.3. The number of aryl methyl sites for hydroxylation is 1. The monoisotopic (exact) mass is 510 g/mol. The van der Waals surface area contributed by atoms with Gasteiger partial charge in [0.25, 0.3) is 0 Å². The van der Waals surface area contributed by atoms with Crippen molar-refractivity contribution in [3.63, 3.8) is 0 Å². The molecule has 1 aliphatic carbocycles. The number of phenols is 1. The van der Waals surface area contributed by atoms with Crippen molar-refractivity contribution in [1.29, 1.82) is 0 Å². The second kappa shape index (κ2) is 11.3. The van der Waals surface area contributed by atoms with Crippen LogP contribution in [0.2, 0.25) is 10.3 Å². The van der Waals surface area contributed by atoms with Crippen LogP contribution in [0.4, 0.5) is 4.39 Å². The minimum absolute atomic E-state index is 0.0873. The molecule has 1 N–H and O–H groups in total. The Morgan fingerprint density at radius 3 is 2.49 bits per heavy atom. The van der Waals surface area contributed by atoms with Crippen LogP contribution in [0, 0.1) is 5.82 Å². The Morgan fingerprint density at radius 2 is 1.74 bits per heavy atom. The molecular formula is C27H21Cl2FN2O3. The average molecular weight is 511 g/mol. The third-order valence-corrected chi connectivity index (χ3v) is 6.08. The zero-order valence-electron chi connectivity index (χ0n) is 18.5. The van der Waals surface area contributed by atoms with E-state index in [-0.39, 0.29) is 39.8 Å². The molecule has 0 saturated heterocycles. The molecule has 3 aromatic carbocycles. The molecule has 0 radical (unpaired) electrons. The molecule has 8 heteroatoms. The number of rotatable bonds is 5. The Labute approximate surface area is 212 Å². The number of hydrogen-bond acceptors (Lipinski definition) is 5. The summed E-state index contributed by atoms with van der Waals surface area (Å²) in [5, 5.41) is 9.71. The topological polar surface area (TPSA) is 72.3 Å². The van der Waals surface area contributed by atoms with Gasteiger partial charge in [-0.1, -0.05) is 48.0 Å². The fourth-order valence-electron chi connectivity index (χ4n) is 3.90. The van der Waals surface area contributed by atoms with Gasteiger partial charge in [0.1, 0.15) is 23.9 Å². The van der Waals surface area contributed by atoms with Gasteiger partial charge in [-0.2, -0.15) is 0 Å². The number of fused-ring (bicyclic) bond motifs is 1. The number of carbonyl (C=O) groups excluding carboxylic acids is 1. The van der Waals surface area contributed by atoms with Crippen LogP contribution in [-0.4, -0.2) is 21.4 Å². The first kappa shape index (κ1) is 24.6. The quantitative estimate of drug-likeness (QED) is 0.234. The fourth-order valence-corrected chi connectivity index (χ4v) is 4.17. The number of halogens is 3. The van der Waals surface area contributed by atoms with E-state index in [9.17, 15) is 14.3 Å². The lowest BCUT2D eigenvalue weighted by molar-refractivity contribution is 0.111. The standard InChI is InChI=1S/C15H13F.C12H8Cl2N2O3/c16-15-10-2-1-7-14(15)13-9-4-6-11-5-3-8-12(11)13;13-9-1-8(5-17)11(2-10(9)18)19-6-7-3-15-12(14)16-4-7/h1-2,4,6-7,9-10H,3,5,8H2;1-5,18H,6H2. The Bertz CT molecular complexity index is 1350. The molecule has 1 aliphatic rings. The Kier molecular flexibility index (Phi) is 7.95. The van der Waals surface area contributed by atoms with Crippen LogP contribution < -0.4 is 4.74 Å². The van der Waals surface area contributed by atoms with E-state index in [2.05, 4.69) is 16.0 Å². The van der Waals surface area contributed by atoms with Crippen molar-refractivity contribution in [2.45, 2.75) is 25.9 Å². The number of phenolic OH excluding ortho intramolecular Hbond substituents is 1. The molecular weight excluding hydrogens is 490 g/mol. The van der Waals surface area contributed by atoms with Gasteiger partial charge in [-0.25, -0.2) is 14.4 Å². The molecule has 0 fully saturated rings. The normalized spacial score (nSPS) is 11.9. The molecule has 1 aromatic heterocycles. The predicted molar refractivity (Wildman–Crippen MR) is 134 cm³/mol. The molecule has 0 unspecified atom stereocenters. The highest BCUT2D eigenvalue weighted by Gasteiger charge is 2.16. The van der Waals surface area contributed by atoms with Crippen LogP contribution in [0.25, 0.3) is 11.1 Å². The van der Waals surface area contributed by atoms with Gasteiger partial charge in [-0.15, -0.1) is 0 Å². The van der Waals surface area contributed by atoms with Crippen LogP contribution in [-0.2, 0) is 19.4 Å². The van der Waals surface area contributed by atoms with Crippen LogP contribution in [0.1, 0.15) is 33.5 Å². The molecule has 1 heterocycles. The summed E-state index contributed by atoms with van der Waals surface area (Å²) in [7, 11) is 0. The van der Waals surface area contributed by atoms with Crippen LogP contribution >= 0.6 is 23.2 Å². The fraction of sp³-hybridized carbons (Fsp3) is 0.148. The number of aldehydes is 1. The molecule has 5 nitrogen and oxygen atoms in total. The van der Waals surface area contributed by atoms with Crippen molar-refractivity contribution in [2.24, 2.45) is 0 Å². The highest BCUT2D eigenvalue weighted by atomic mass is 35.5. The summed E-state index contributed by atoms with van der Waals surface area (Å²) in [6, 6.07) is 15.9. The number of nitrogens with zero attached hydrogens (tertiary/aromatic N) is 2. The molecule has 0 atom stereocenters. The van der Waals surface area contributed by atoms with Gasteiger partial charge in [-0.05, 0) is 59.7 Å². The smallest absolute Gasteiger partial charge is 0.222 e. The second-order valence-electron chi connectivity index (χ2n) is 7.88. The van der Waals surface area contributed by atoms with E-state index in [1.54, 1.807) is 6.07 Å². The minimum Gasteiger partial charge on any atom is -0.506 e. The van der Waals surface area contributed by atoms with Crippen LogP contribution in [0.15, 0.2) is 67.0 Å². The molecule has 0 amide bonds. The lowest BCUT2D eigenvalue weighted by Crippen LogP contribution is -1.99. The van der Waals surface area contributed by atoms with Gasteiger partial charge < -0.3 is 9.84 Å². The van der Waals surface area contributed by atoms with Crippen molar-refractivity contribution in [3.05, 3.63) is 105 Å². The summed E-state index contributed by atoms with van der Waals surface area (Å²) in [6.07, 6.45) is 7.02. The zero-order valence-corrected chi connectivity index (χ0v) is 20.1. The summed E-state index contributed by atoms with van der Waals surface area (Å²) in [5.74, 6) is -0.0516. The van der Waals surface area contributed by atoms with Gasteiger partial charge in [0.15, 0.2) is 6.29 Å². The summed E-state index contributed by atoms with van der Waals surface area (Å²) in [6.45, 7) is 0.138. The largest absolute Gasteiger partial charge is 0.506 e. The number of aromatic hydroxyl groups is 1. The van der Waals surface area contributed by atoms with Gasteiger partial charge in [0.2, 0.25) is 5.28 Å². The van der Waals surface area contributed by atoms with E-state index < -0.39 is 0 Å². The number of benzene rings is 3. The van der Waals surface area contributed by atoms with E-state index in [0.717, 1.165) is 24.0 Å². The molecule has 4 aromatic rings. The van der Waals surface area contributed by atoms with Gasteiger partial charge in [-0.3, -0.25) is 4.79 Å². The Balaban J connectivity index is 0.000000167. The molecule has 178 valence electrons. The van der Waals surface area contributed by atoms with Crippen molar-refractivity contribution in [2.75, 3.05) is 0 Å². The second-order valence-corrected chi connectivity index (χ2v) is 8.63.